The zero-order valence-corrected chi connectivity index (χ0v) is 19.0. The molecule has 0 bridgehead atoms. The Kier molecular flexibility index (Phi) is 6.33. The molecule has 6 heteroatoms. The van der Waals surface area contributed by atoms with E-state index >= 15 is 0 Å². The van der Waals surface area contributed by atoms with Crippen LogP contribution >= 0.6 is 0 Å². The maximum absolute atomic E-state index is 12.7. The third kappa shape index (κ3) is 4.41. The van der Waals surface area contributed by atoms with Crippen LogP contribution in [0.1, 0.15) is 55.1 Å². The van der Waals surface area contributed by atoms with Crippen LogP contribution in [0.25, 0.3) is 5.57 Å². The van der Waals surface area contributed by atoms with Crippen molar-refractivity contribution in [3.63, 3.8) is 0 Å². The van der Waals surface area contributed by atoms with Crippen LogP contribution in [0.5, 0.6) is 5.75 Å². The van der Waals surface area contributed by atoms with Crippen molar-refractivity contribution in [1.29, 1.82) is 0 Å². The molecule has 2 aromatic rings. The number of amides is 2. The minimum Gasteiger partial charge on any atom is -0.482 e. The molecular weight excluding hydrogens is 402 g/mol. The van der Waals surface area contributed by atoms with Gasteiger partial charge < -0.3 is 20.3 Å². The molecule has 0 radical (unpaired) electrons. The summed E-state index contributed by atoms with van der Waals surface area (Å²) < 4.78 is 6.50. The lowest BCUT2D eigenvalue weighted by atomic mass is 9.83. The number of carbonyl (C=O) groups is 2. The maximum Gasteiger partial charge on any atom is 0.253 e. The minimum absolute atomic E-state index is 0.0469. The number of ether oxygens (including phenoxy) is 1. The molecule has 2 amide bonds. The molecule has 168 valence electrons. The first-order valence-corrected chi connectivity index (χ1v) is 11.4. The molecule has 0 saturated carbocycles. The SMILES string of the molecule is CCN(CC)C(=O)c1ccc(C2=CC3(CCNCC3)Oc3ccc(NC(C)=O)cc32)cc1. The standard InChI is InChI=1S/C26H31N3O3/c1-4-29(5-2)25(31)20-8-6-19(7-9-20)23-17-26(12-14-27-15-13-26)32-24-11-10-21(16-22(23)24)28-18(3)30/h6-11,16-17,27H,4-5,12-15H2,1-3H3,(H,28,30). The highest BCUT2D eigenvalue weighted by molar-refractivity contribution is 5.95. The first-order chi connectivity index (χ1) is 15.4. The van der Waals surface area contributed by atoms with E-state index < -0.39 is 0 Å². The molecule has 4 rings (SSSR count). The largest absolute Gasteiger partial charge is 0.482 e. The third-order valence-electron chi connectivity index (χ3n) is 6.25. The topological polar surface area (TPSA) is 70.7 Å². The van der Waals surface area contributed by atoms with E-state index in [1.807, 2.05) is 61.2 Å². The normalized spacial score (nSPS) is 16.5. The van der Waals surface area contributed by atoms with Crippen molar-refractivity contribution in [2.24, 2.45) is 0 Å². The molecule has 2 aromatic carbocycles. The molecule has 0 unspecified atom stereocenters. The molecule has 0 aliphatic carbocycles. The fraction of sp³-hybridized carbons (Fsp3) is 0.385. The van der Waals surface area contributed by atoms with Gasteiger partial charge in [0.05, 0.1) is 0 Å². The zero-order valence-electron chi connectivity index (χ0n) is 19.0. The molecule has 2 aliphatic heterocycles. The van der Waals surface area contributed by atoms with Crippen molar-refractivity contribution in [2.75, 3.05) is 31.5 Å². The number of piperidine rings is 1. The lowest BCUT2D eigenvalue weighted by molar-refractivity contribution is -0.114. The Morgan fingerprint density at radius 3 is 2.38 bits per heavy atom. The van der Waals surface area contributed by atoms with Crippen LogP contribution in [0.3, 0.4) is 0 Å². The van der Waals surface area contributed by atoms with Crippen LogP contribution in [0.15, 0.2) is 48.5 Å². The summed E-state index contributed by atoms with van der Waals surface area (Å²) in [5, 5.41) is 6.27. The van der Waals surface area contributed by atoms with Crippen LogP contribution in [-0.2, 0) is 4.79 Å². The Hall–Kier alpha value is -3.12. The highest BCUT2D eigenvalue weighted by atomic mass is 16.5. The van der Waals surface area contributed by atoms with Crippen molar-refractivity contribution in [1.82, 2.24) is 10.2 Å². The van der Waals surface area contributed by atoms with E-state index in [9.17, 15) is 9.59 Å². The summed E-state index contributed by atoms with van der Waals surface area (Å²) in [7, 11) is 0. The maximum atomic E-state index is 12.7. The van der Waals surface area contributed by atoms with Gasteiger partial charge in [0.1, 0.15) is 11.4 Å². The Morgan fingerprint density at radius 1 is 1.06 bits per heavy atom. The zero-order chi connectivity index (χ0) is 22.7. The molecule has 2 aliphatic rings. The molecule has 32 heavy (non-hydrogen) atoms. The number of nitrogens with one attached hydrogen (secondary N) is 2. The lowest BCUT2D eigenvalue weighted by Crippen LogP contribution is -2.46. The number of anilines is 1. The molecule has 2 N–H and O–H groups in total. The Balaban J connectivity index is 1.74. The summed E-state index contributed by atoms with van der Waals surface area (Å²) in [5.41, 5.74) is 4.13. The molecule has 0 aromatic heterocycles. The molecular formula is C26H31N3O3. The van der Waals surface area contributed by atoms with Gasteiger partial charge in [0, 0.05) is 49.7 Å². The molecule has 6 nitrogen and oxygen atoms in total. The smallest absolute Gasteiger partial charge is 0.253 e. The van der Waals surface area contributed by atoms with Crippen molar-refractivity contribution in [2.45, 2.75) is 39.2 Å². The first kappa shape index (κ1) is 22.1. The van der Waals surface area contributed by atoms with E-state index in [-0.39, 0.29) is 17.4 Å². The van der Waals surface area contributed by atoms with Gasteiger partial charge in [-0.15, -0.1) is 0 Å². The number of hydrogen-bond donors (Lipinski definition) is 2. The second kappa shape index (κ2) is 9.17. The van der Waals surface area contributed by atoms with Gasteiger partial charge in [-0.3, -0.25) is 9.59 Å². The molecule has 1 saturated heterocycles. The Bertz CT molecular complexity index is 1030. The summed E-state index contributed by atoms with van der Waals surface area (Å²) in [6.45, 7) is 8.67. The van der Waals surface area contributed by atoms with Gasteiger partial charge >= 0.3 is 0 Å². The average molecular weight is 434 g/mol. The van der Waals surface area contributed by atoms with Gasteiger partial charge in [0.25, 0.3) is 5.91 Å². The molecule has 0 atom stereocenters. The van der Waals surface area contributed by atoms with Crippen LogP contribution < -0.4 is 15.4 Å². The number of hydrogen-bond acceptors (Lipinski definition) is 4. The number of fused-ring (bicyclic) bond motifs is 1. The Labute approximate surface area is 189 Å². The highest BCUT2D eigenvalue weighted by Crippen LogP contribution is 2.43. The summed E-state index contributed by atoms with van der Waals surface area (Å²) in [6, 6.07) is 13.6. The van der Waals surface area contributed by atoms with Gasteiger partial charge in [-0.2, -0.15) is 0 Å². The summed E-state index contributed by atoms with van der Waals surface area (Å²) in [5.74, 6) is 0.758. The Morgan fingerprint density at radius 2 is 1.75 bits per heavy atom. The lowest BCUT2D eigenvalue weighted by Gasteiger charge is -2.40. The summed E-state index contributed by atoms with van der Waals surface area (Å²) >= 11 is 0. The number of rotatable bonds is 5. The van der Waals surface area contributed by atoms with E-state index in [4.69, 9.17) is 4.74 Å². The van der Waals surface area contributed by atoms with Crippen LogP contribution in [0.4, 0.5) is 5.69 Å². The van der Waals surface area contributed by atoms with Gasteiger partial charge in [0.15, 0.2) is 0 Å². The predicted molar refractivity (Wildman–Crippen MR) is 127 cm³/mol. The van der Waals surface area contributed by atoms with Crippen molar-refractivity contribution in [3.8, 4) is 5.75 Å². The second-order valence-corrected chi connectivity index (χ2v) is 8.42. The van der Waals surface area contributed by atoms with Gasteiger partial charge in [0.2, 0.25) is 5.91 Å². The first-order valence-electron chi connectivity index (χ1n) is 11.4. The fourth-order valence-electron chi connectivity index (χ4n) is 4.52. The van der Waals surface area contributed by atoms with Crippen LogP contribution in [0, 0.1) is 0 Å². The van der Waals surface area contributed by atoms with Gasteiger partial charge in [-0.05, 0) is 74.5 Å². The predicted octanol–water partition coefficient (Wildman–Crippen LogP) is 4.07. The van der Waals surface area contributed by atoms with Crippen LogP contribution in [-0.4, -0.2) is 48.5 Å². The molecule has 1 spiro atoms. The average Bonchev–Trinajstić information content (AvgIpc) is 2.80. The fourth-order valence-corrected chi connectivity index (χ4v) is 4.52. The number of nitrogens with zero attached hydrogens (tertiary/aromatic N) is 1. The summed E-state index contributed by atoms with van der Waals surface area (Å²) in [6.07, 6.45) is 4.01. The minimum atomic E-state index is -0.348. The molecule has 2 heterocycles. The highest BCUT2D eigenvalue weighted by Gasteiger charge is 2.37. The van der Waals surface area contributed by atoms with E-state index in [1.165, 1.54) is 6.92 Å². The van der Waals surface area contributed by atoms with E-state index in [1.54, 1.807) is 0 Å². The monoisotopic (exact) mass is 433 g/mol. The van der Waals surface area contributed by atoms with E-state index in [2.05, 4.69) is 16.7 Å². The van der Waals surface area contributed by atoms with Crippen molar-refractivity contribution < 1.29 is 14.3 Å². The van der Waals surface area contributed by atoms with Gasteiger partial charge in [-0.25, -0.2) is 0 Å². The van der Waals surface area contributed by atoms with Gasteiger partial charge in [-0.1, -0.05) is 12.1 Å². The van der Waals surface area contributed by atoms with Crippen molar-refractivity contribution in [3.05, 3.63) is 65.2 Å². The van der Waals surface area contributed by atoms with Crippen molar-refractivity contribution >= 4 is 23.1 Å². The van der Waals surface area contributed by atoms with Crippen LogP contribution in [0.2, 0.25) is 0 Å². The molecule has 1 fully saturated rings. The summed E-state index contributed by atoms with van der Waals surface area (Å²) in [4.78, 5) is 26.1. The quantitative estimate of drug-likeness (QED) is 0.746. The van der Waals surface area contributed by atoms with E-state index in [0.29, 0.717) is 18.7 Å². The van der Waals surface area contributed by atoms with E-state index in [0.717, 1.165) is 54.1 Å². The second-order valence-electron chi connectivity index (χ2n) is 8.42. The number of benzene rings is 2. The third-order valence-corrected chi connectivity index (χ3v) is 6.25. The number of carbonyl (C=O) groups excluding carboxylic acids is 2.